The van der Waals surface area contributed by atoms with E-state index in [1.165, 1.54) is 0 Å². The average molecular weight is 309 g/mol. The molecule has 1 aromatic carbocycles. The molecule has 0 saturated heterocycles. The molecule has 6 heteroatoms. The fourth-order valence-corrected chi connectivity index (χ4v) is 1.93. The van der Waals surface area contributed by atoms with Crippen LogP contribution in [0.3, 0.4) is 0 Å². The second-order valence-corrected chi connectivity index (χ2v) is 4.87. The van der Waals surface area contributed by atoms with Gasteiger partial charge in [0.2, 0.25) is 0 Å². The van der Waals surface area contributed by atoms with Gasteiger partial charge in [-0.1, -0.05) is 23.7 Å². The average Bonchev–Trinajstić information content (AvgIpc) is 3.01. The van der Waals surface area contributed by atoms with Crippen molar-refractivity contribution in [2.24, 2.45) is 0 Å². The van der Waals surface area contributed by atoms with Crippen LogP contribution in [0.15, 0.2) is 47.1 Å². The number of carbonyl (C=O) groups excluding carboxylic acids is 1. The van der Waals surface area contributed by atoms with Crippen molar-refractivity contribution in [2.75, 3.05) is 13.7 Å². The molecule has 1 atom stereocenters. The molecule has 2 aromatic rings. The van der Waals surface area contributed by atoms with Crippen molar-refractivity contribution in [3.8, 4) is 0 Å². The maximum absolute atomic E-state index is 11.7. The van der Waals surface area contributed by atoms with Crippen LogP contribution in [0.2, 0.25) is 5.02 Å². The van der Waals surface area contributed by atoms with Gasteiger partial charge in [0, 0.05) is 18.7 Å². The van der Waals surface area contributed by atoms with Gasteiger partial charge in [-0.15, -0.1) is 0 Å². The number of furan rings is 1. The maximum Gasteiger partial charge on any atom is 0.315 e. The lowest BCUT2D eigenvalue weighted by Crippen LogP contribution is -2.37. The van der Waals surface area contributed by atoms with E-state index in [1.54, 1.807) is 31.6 Å². The minimum atomic E-state index is -0.304. The summed E-state index contributed by atoms with van der Waals surface area (Å²) in [6.45, 7) is 0.762. The summed E-state index contributed by atoms with van der Waals surface area (Å²) in [7, 11) is 1.57. The van der Waals surface area contributed by atoms with E-state index in [2.05, 4.69) is 10.6 Å². The number of nitrogens with one attached hydrogen (secondary N) is 2. The predicted molar refractivity (Wildman–Crippen MR) is 80.1 cm³/mol. The molecule has 0 fully saturated rings. The molecular weight excluding hydrogens is 292 g/mol. The molecule has 1 aromatic heterocycles. The minimum absolute atomic E-state index is 0.265. The van der Waals surface area contributed by atoms with Crippen molar-refractivity contribution in [3.63, 3.8) is 0 Å². The molecule has 0 saturated carbocycles. The van der Waals surface area contributed by atoms with Gasteiger partial charge >= 0.3 is 6.03 Å². The van der Waals surface area contributed by atoms with Gasteiger partial charge in [-0.05, 0) is 29.8 Å². The molecule has 0 aliphatic rings. The van der Waals surface area contributed by atoms with Gasteiger partial charge in [0.05, 0.1) is 12.8 Å². The van der Waals surface area contributed by atoms with Gasteiger partial charge in [-0.25, -0.2) is 4.79 Å². The van der Waals surface area contributed by atoms with Crippen LogP contribution in [-0.4, -0.2) is 19.7 Å². The van der Waals surface area contributed by atoms with Crippen LogP contribution in [0.4, 0.5) is 4.79 Å². The molecule has 21 heavy (non-hydrogen) atoms. The van der Waals surface area contributed by atoms with Gasteiger partial charge < -0.3 is 19.8 Å². The van der Waals surface area contributed by atoms with E-state index in [4.69, 9.17) is 20.8 Å². The molecule has 0 radical (unpaired) electrons. The van der Waals surface area contributed by atoms with Gasteiger partial charge in [0.25, 0.3) is 0 Å². The van der Waals surface area contributed by atoms with Crippen LogP contribution in [0.5, 0.6) is 0 Å². The third-order valence-corrected chi connectivity index (χ3v) is 3.21. The van der Waals surface area contributed by atoms with Gasteiger partial charge in [-0.3, -0.25) is 0 Å². The highest BCUT2D eigenvalue weighted by molar-refractivity contribution is 6.30. The van der Waals surface area contributed by atoms with Crippen LogP contribution in [0.1, 0.15) is 17.4 Å². The van der Waals surface area contributed by atoms with Gasteiger partial charge in [0.15, 0.2) is 0 Å². The number of rotatable bonds is 6. The van der Waals surface area contributed by atoms with E-state index in [0.717, 1.165) is 5.56 Å². The molecule has 2 N–H and O–H groups in total. The standard InChI is InChI=1S/C15H17ClN2O3/c1-20-14(13-3-2-8-21-13)10-18-15(19)17-9-11-4-6-12(16)7-5-11/h2-8,14H,9-10H2,1H3,(H2,17,18,19). The molecule has 0 bridgehead atoms. The van der Waals surface area contributed by atoms with E-state index in [9.17, 15) is 4.79 Å². The molecule has 112 valence electrons. The molecule has 0 spiro atoms. The highest BCUT2D eigenvalue weighted by atomic mass is 35.5. The summed E-state index contributed by atoms with van der Waals surface area (Å²) < 4.78 is 10.5. The molecule has 2 amide bonds. The Balaban J connectivity index is 1.75. The largest absolute Gasteiger partial charge is 0.467 e. The number of amides is 2. The second kappa shape index (κ2) is 7.71. The Hall–Kier alpha value is -1.98. The predicted octanol–water partition coefficient (Wildman–Crippen LogP) is 3.12. The molecule has 5 nitrogen and oxygen atoms in total. The van der Waals surface area contributed by atoms with Crippen LogP contribution in [0.25, 0.3) is 0 Å². The fourth-order valence-electron chi connectivity index (χ4n) is 1.81. The number of hydrogen-bond acceptors (Lipinski definition) is 3. The third-order valence-electron chi connectivity index (χ3n) is 2.96. The highest BCUT2D eigenvalue weighted by Gasteiger charge is 2.14. The second-order valence-electron chi connectivity index (χ2n) is 4.43. The first-order chi connectivity index (χ1) is 10.2. The van der Waals surface area contributed by atoms with Crippen molar-refractivity contribution in [1.82, 2.24) is 10.6 Å². The third kappa shape index (κ3) is 4.81. The first kappa shape index (κ1) is 15.4. The lowest BCUT2D eigenvalue weighted by atomic mass is 10.2. The zero-order chi connectivity index (χ0) is 15.1. The van der Waals surface area contributed by atoms with Gasteiger partial charge in [-0.2, -0.15) is 0 Å². The summed E-state index contributed by atoms with van der Waals surface area (Å²) in [5, 5.41) is 6.18. The normalized spacial score (nSPS) is 11.9. The van der Waals surface area contributed by atoms with E-state index in [1.807, 2.05) is 18.2 Å². The molecule has 1 heterocycles. The van der Waals surface area contributed by atoms with Crippen molar-refractivity contribution < 1.29 is 13.9 Å². The van der Waals surface area contributed by atoms with Crippen molar-refractivity contribution in [2.45, 2.75) is 12.6 Å². The van der Waals surface area contributed by atoms with Crippen LogP contribution in [0, 0.1) is 0 Å². The molecule has 0 aliphatic heterocycles. The first-order valence-electron chi connectivity index (χ1n) is 6.51. The Morgan fingerprint density at radius 2 is 2.05 bits per heavy atom. The zero-order valence-corrected chi connectivity index (χ0v) is 12.4. The summed E-state index contributed by atoms with van der Waals surface area (Å²) in [6.07, 6.45) is 1.27. The number of methoxy groups -OCH3 is 1. The Morgan fingerprint density at radius 3 is 2.67 bits per heavy atom. The summed E-state index contributed by atoms with van der Waals surface area (Å²) in [5.74, 6) is 0.676. The molecule has 1 unspecified atom stereocenters. The van der Waals surface area contributed by atoms with E-state index in [0.29, 0.717) is 23.9 Å². The number of ether oxygens (including phenoxy) is 1. The monoisotopic (exact) mass is 308 g/mol. The number of halogens is 1. The minimum Gasteiger partial charge on any atom is -0.467 e. The van der Waals surface area contributed by atoms with Crippen molar-refractivity contribution in [1.29, 1.82) is 0 Å². The van der Waals surface area contributed by atoms with Gasteiger partial charge in [0.1, 0.15) is 11.9 Å². The molecule has 0 aliphatic carbocycles. The van der Waals surface area contributed by atoms with E-state index >= 15 is 0 Å². The number of hydrogen-bond donors (Lipinski definition) is 2. The Kier molecular flexibility index (Phi) is 5.66. The summed E-state index contributed by atoms with van der Waals surface area (Å²) in [4.78, 5) is 11.7. The van der Waals surface area contributed by atoms with Crippen LogP contribution < -0.4 is 10.6 Å². The van der Waals surface area contributed by atoms with E-state index in [-0.39, 0.29) is 12.1 Å². The zero-order valence-electron chi connectivity index (χ0n) is 11.6. The quantitative estimate of drug-likeness (QED) is 0.862. The van der Waals surface area contributed by atoms with E-state index < -0.39 is 0 Å². The summed E-state index contributed by atoms with van der Waals surface area (Å²) >= 11 is 5.80. The topological polar surface area (TPSA) is 63.5 Å². The number of benzene rings is 1. The Morgan fingerprint density at radius 1 is 1.29 bits per heavy atom. The number of urea groups is 1. The summed E-state index contributed by atoms with van der Waals surface area (Å²) in [5.41, 5.74) is 0.976. The molecule has 2 rings (SSSR count). The summed E-state index contributed by atoms with van der Waals surface area (Å²) in [6, 6.07) is 10.6. The lowest BCUT2D eigenvalue weighted by molar-refractivity contribution is 0.0850. The van der Waals surface area contributed by atoms with Crippen LogP contribution >= 0.6 is 11.6 Å². The van der Waals surface area contributed by atoms with Crippen LogP contribution in [-0.2, 0) is 11.3 Å². The number of carbonyl (C=O) groups is 1. The highest BCUT2D eigenvalue weighted by Crippen LogP contribution is 2.15. The Labute approximate surface area is 128 Å². The Bertz CT molecular complexity index is 555. The van der Waals surface area contributed by atoms with Crippen molar-refractivity contribution in [3.05, 3.63) is 59.0 Å². The molecular formula is C15H17ClN2O3. The smallest absolute Gasteiger partial charge is 0.315 e. The fraction of sp³-hybridized carbons (Fsp3) is 0.267. The lowest BCUT2D eigenvalue weighted by Gasteiger charge is -2.14. The first-order valence-corrected chi connectivity index (χ1v) is 6.89. The SMILES string of the molecule is COC(CNC(=O)NCc1ccc(Cl)cc1)c1ccco1. The maximum atomic E-state index is 11.7. The van der Waals surface area contributed by atoms with Crippen molar-refractivity contribution >= 4 is 17.6 Å².